The molecule has 1 fully saturated rings. The van der Waals surface area contributed by atoms with Crippen LogP contribution in [-0.2, 0) is 4.74 Å². The second-order valence-electron chi connectivity index (χ2n) is 4.04. The third-order valence-electron chi connectivity index (χ3n) is 2.60. The molecule has 14 heavy (non-hydrogen) atoms. The van der Waals surface area contributed by atoms with Gasteiger partial charge in [-0.25, -0.2) is 0 Å². The zero-order valence-corrected chi connectivity index (χ0v) is 10.0. The van der Waals surface area contributed by atoms with E-state index in [1.165, 1.54) is 0 Å². The molecule has 0 radical (unpaired) electrons. The first-order valence-electron chi connectivity index (χ1n) is 5.23. The molecule has 0 aromatic carbocycles. The van der Waals surface area contributed by atoms with Crippen molar-refractivity contribution in [2.45, 2.75) is 45.4 Å². The topological polar surface area (TPSA) is 38.5 Å². The average Bonchev–Trinajstić information content (AvgIpc) is 2.02. The molecule has 4 heteroatoms. The molecule has 3 atom stereocenters. The van der Waals surface area contributed by atoms with E-state index in [1.54, 1.807) is 0 Å². The summed E-state index contributed by atoms with van der Waals surface area (Å²) in [5.41, 5.74) is 5.72. The van der Waals surface area contributed by atoms with Crippen LogP contribution in [0.3, 0.4) is 0 Å². The van der Waals surface area contributed by atoms with E-state index in [9.17, 15) is 0 Å². The van der Waals surface area contributed by atoms with Crippen molar-refractivity contribution in [3.8, 4) is 0 Å². The summed E-state index contributed by atoms with van der Waals surface area (Å²) in [4.78, 5) is 2.94. The molecule has 0 bridgehead atoms. The van der Waals surface area contributed by atoms with Gasteiger partial charge >= 0.3 is 0 Å². The zero-order chi connectivity index (χ0) is 10.7. The summed E-state index contributed by atoms with van der Waals surface area (Å²) in [5.74, 6) is 0. The summed E-state index contributed by atoms with van der Waals surface area (Å²) in [6, 6.07) is 0.235. The molecule has 3 nitrogen and oxygen atoms in total. The molecule has 0 aliphatic carbocycles. The molecule has 0 saturated carbocycles. The summed E-state index contributed by atoms with van der Waals surface area (Å²) >= 11 is 5.07. The number of nitrogens with two attached hydrogens (primary N) is 1. The molecular formula is C10H20N2OS. The minimum Gasteiger partial charge on any atom is -0.392 e. The Morgan fingerprint density at radius 1 is 1.50 bits per heavy atom. The van der Waals surface area contributed by atoms with Crippen molar-refractivity contribution in [1.82, 2.24) is 4.90 Å². The molecule has 1 unspecified atom stereocenters. The smallest absolute Gasteiger partial charge is 0.0901 e. The molecule has 1 heterocycles. The summed E-state index contributed by atoms with van der Waals surface area (Å²) in [6.07, 6.45) is 1.54. The van der Waals surface area contributed by atoms with Gasteiger partial charge < -0.3 is 10.5 Å². The van der Waals surface area contributed by atoms with Gasteiger partial charge in [-0.15, -0.1) is 0 Å². The first kappa shape index (κ1) is 11.9. The monoisotopic (exact) mass is 216 g/mol. The van der Waals surface area contributed by atoms with Gasteiger partial charge in [0.1, 0.15) is 0 Å². The first-order valence-corrected chi connectivity index (χ1v) is 5.64. The first-order chi connectivity index (χ1) is 6.54. The van der Waals surface area contributed by atoms with Crippen LogP contribution in [0.5, 0.6) is 0 Å². The molecule has 1 aliphatic heterocycles. The lowest BCUT2D eigenvalue weighted by Gasteiger charge is -2.39. The van der Waals surface area contributed by atoms with Gasteiger partial charge in [-0.1, -0.05) is 19.1 Å². The number of hydrogen-bond acceptors (Lipinski definition) is 3. The van der Waals surface area contributed by atoms with Crippen LogP contribution in [0.25, 0.3) is 0 Å². The van der Waals surface area contributed by atoms with Crippen LogP contribution in [0, 0.1) is 0 Å². The summed E-state index contributed by atoms with van der Waals surface area (Å²) in [5, 5.41) is 0. The Labute approximate surface area is 91.6 Å². The summed E-state index contributed by atoms with van der Waals surface area (Å²) < 4.78 is 5.67. The van der Waals surface area contributed by atoms with Crippen LogP contribution in [-0.4, -0.2) is 41.2 Å². The van der Waals surface area contributed by atoms with E-state index in [1.807, 2.05) is 0 Å². The fourth-order valence-electron chi connectivity index (χ4n) is 2.11. The summed E-state index contributed by atoms with van der Waals surface area (Å²) in [7, 11) is 0. The van der Waals surface area contributed by atoms with Crippen LogP contribution in [0.1, 0.15) is 27.2 Å². The maximum Gasteiger partial charge on any atom is 0.0901 e. The fraction of sp³-hybridized carbons (Fsp3) is 0.900. The Hall–Kier alpha value is -0.190. The average molecular weight is 216 g/mol. The largest absolute Gasteiger partial charge is 0.392 e. The second kappa shape index (κ2) is 5.05. The Bertz CT molecular complexity index is 200. The lowest BCUT2D eigenvalue weighted by Crippen LogP contribution is -2.53. The summed E-state index contributed by atoms with van der Waals surface area (Å²) in [6.45, 7) is 8.17. The predicted molar refractivity (Wildman–Crippen MR) is 62.4 cm³/mol. The second-order valence-corrected chi connectivity index (χ2v) is 4.51. The highest BCUT2D eigenvalue weighted by atomic mass is 32.1. The SMILES string of the molecule is CCC(C(N)=S)N1C[C@@H](C)O[C@@H](C)C1. The van der Waals surface area contributed by atoms with Crippen LogP contribution in [0.2, 0.25) is 0 Å². The maximum absolute atomic E-state index is 5.72. The molecule has 0 amide bonds. The van der Waals surface area contributed by atoms with Gasteiger partial charge in [0.15, 0.2) is 0 Å². The van der Waals surface area contributed by atoms with Crippen molar-refractivity contribution in [3.63, 3.8) is 0 Å². The Balaban J connectivity index is 2.61. The Morgan fingerprint density at radius 3 is 2.36 bits per heavy atom. The minimum absolute atomic E-state index is 0.235. The van der Waals surface area contributed by atoms with E-state index >= 15 is 0 Å². The van der Waals surface area contributed by atoms with Crippen molar-refractivity contribution >= 4 is 17.2 Å². The Kier molecular flexibility index (Phi) is 4.29. The number of hydrogen-bond donors (Lipinski definition) is 1. The number of morpholine rings is 1. The number of ether oxygens (including phenoxy) is 1. The van der Waals surface area contributed by atoms with Gasteiger partial charge in [-0.3, -0.25) is 4.90 Å². The molecular weight excluding hydrogens is 196 g/mol. The highest BCUT2D eigenvalue weighted by molar-refractivity contribution is 7.80. The molecule has 1 rings (SSSR count). The van der Waals surface area contributed by atoms with Gasteiger partial charge in [0.25, 0.3) is 0 Å². The van der Waals surface area contributed by atoms with Crippen molar-refractivity contribution < 1.29 is 4.74 Å². The molecule has 0 spiro atoms. The van der Waals surface area contributed by atoms with Gasteiger partial charge in [-0.2, -0.15) is 0 Å². The lowest BCUT2D eigenvalue weighted by molar-refractivity contribution is -0.0734. The quantitative estimate of drug-likeness (QED) is 0.719. The van der Waals surface area contributed by atoms with E-state index < -0.39 is 0 Å². The molecule has 82 valence electrons. The van der Waals surface area contributed by atoms with Gasteiger partial charge in [-0.05, 0) is 20.3 Å². The van der Waals surface area contributed by atoms with Gasteiger partial charge in [0.2, 0.25) is 0 Å². The zero-order valence-electron chi connectivity index (χ0n) is 9.19. The fourth-order valence-corrected chi connectivity index (χ4v) is 2.43. The normalized spacial score (nSPS) is 31.4. The molecule has 0 aromatic heterocycles. The van der Waals surface area contributed by atoms with E-state index in [0.717, 1.165) is 19.5 Å². The van der Waals surface area contributed by atoms with Crippen molar-refractivity contribution in [3.05, 3.63) is 0 Å². The van der Waals surface area contributed by atoms with E-state index in [-0.39, 0.29) is 18.2 Å². The van der Waals surface area contributed by atoms with Gasteiger partial charge in [0, 0.05) is 13.1 Å². The van der Waals surface area contributed by atoms with Crippen molar-refractivity contribution in [2.75, 3.05) is 13.1 Å². The van der Waals surface area contributed by atoms with Crippen molar-refractivity contribution in [1.29, 1.82) is 0 Å². The minimum atomic E-state index is 0.235. The maximum atomic E-state index is 5.72. The third-order valence-corrected chi connectivity index (χ3v) is 2.88. The number of thiocarbonyl (C=S) groups is 1. The standard InChI is InChI=1S/C10H20N2OS/c1-4-9(10(11)14)12-5-7(2)13-8(3)6-12/h7-9H,4-6H2,1-3H3,(H2,11,14)/t7-,8+,9?. The van der Waals surface area contributed by atoms with E-state index in [0.29, 0.717) is 4.99 Å². The predicted octanol–water partition coefficient (Wildman–Crippen LogP) is 1.16. The molecule has 2 N–H and O–H groups in total. The molecule has 1 saturated heterocycles. The molecule has 1 aliphatic rings. The van der Waals surface area contributed by atoms with Crippen LogP contribution in [0.15, 0.2) is 0 Å². The van der Waals surface area contributed by atoms with Crippen molar-refractivity contribution in [2.24, 2.45) is 5.73 Å². The number of rotatable bonds is 3. The number of nitrogens with zero attached hydrogens (tertiary/aromatic N) is 1. The van der Waals surface area contributed by atoms with E-state index in [2.05, 4.69) is 25.7 Å². The highest BCUT2D eigenvalue weighted by Crippen LogP contribution is 2.15. The third kappa shape index (κ3) is 2.90. The Morgan fingerprint density at radius 2 is 2.00 bits per heavy atom. The van der Waals surface area contributed by atoms with Gasteiger partial charge in [0.05, 0.1) is 23.2 Å². The van der Waals surface area contributed by atoms with Crippen LogP contribution < -0.4 is 5.73 Å². The van der Waals surface area contributed by atoms with Crippen LogP contribution in [0.4, 0.5) is 0 Å². The lowest BCUT2D eigenvalue weighted by atomic mass is 10.1. The molecule has 0 aromatic rings. The van der Waals surface area contributed by atoms with E-state index in [4.69, 9.17) is 22.7 Å². The van der Waals surface area contributed by atoms with Crippen LogP contribution >= 0.6 is 12.2 Å². The highest BCUT2D eigenvalue weighted by Gasteiger charge is 2.28.